The van der Waals surface area contributed by atoms with Crippen molar-refractivity contribution < 1.29 is 14.7 Å². The van der Waals surface area contributed by atoms with Crippen LogP contribution in [0.4, 0.5) is 16.2 Å². The monoisotopic (exact) mass is 368 g/mol. The molecule has 0 aliphatic carbocycles. The summed E-state index contributed by atoms with van der Waals surface area (Å²) < 4.78 is 0.736. The summed E-state index contributed by atoms with van der Waals surface area (Å²) in [5, 5.41) is 14.5. The Labute approximate surface area is 134 Å². The zero-order valence-electron chi connectivity index (χ0n) is 10.6. The van der Waals surface area contributed by atoms with Gasteiger partial charge in [-0.05, 0) is 58.4 Å². The number of hydrogen-bond donors (Lipinski definition) is 3. The van der Waals surface area contributed by atoms with Crippen LogP contribution < -0.4 is 10.6 Å². The van der Waals surface area contributed by atoms with Crippen LogP contribution in [0.15, 0.2) is 46.9 Å². The highest BCUT2D eigenvalue weighted by atomic mass is 79.9. The van der Waals surface area contributed by atoms with Gasteiger partial charge in [-0.15, -0.1) is 0 Å². The smallest absolute Gasteiger partial charge is 0.335 e. The fraction of sp³-hybridized carbons (Fsp3) is 0. The van der Waals surface area contributed by atoms with Crippen molar-refractivity contribution in [3.05, 3.63) is 57.5 Å². The van der Waals surface area contributed by atoms with Gasteiger partial charge in [0.05, 0.1) is 10.6 Å². The SMILES string of the molecule is O=C(Nc1ccc(C(=O)O)cc1)Nc1ccc(Br)c(Cl)c1. The highest BCUT2D eigenvalue weighted by Crippen LogP contribution is 2.25. The topological polar surface area (TPSA) is 78.4 Å². The predicted molar refractivity (Wildman–Crippen MR) is 85.2 cm³/mol. The fourth-order valence-electron chi connectivity index (χ4n) is 1.56. The van der Waals surface area contributed by atoms with Crippen molar-refractivity contribution in [2.45, 2.75) is 0 Å². The molecular weight excluding hydrogens is 360 g/mol. The molecule has 0 spiro atoms. The van der Waals surface area contributed by atoms with Crippen molar-refractivity contribution in [2.75, 3.05) is 10.6 Å². The summed E-state index contributed by atoms with van der Waals surface area (Å²) in [7, 11) is 0. The van der Waals surface area contributed by atoms with E-state index >= 15 is 0 Å². The summed E-state index contributed by atoms with van der Waals surface area (Å²) in [6.07, 6.45) is 0. The number of halogens is 2. The molecule has 2 aromatic carbocycles. The summed E-state index contributed by atoms with van der Waals surface area (Å²) in [6, 6.07) is 10.4. The van der Waals surface area contributed by atoms with Crippen molar-refractivity contribution in [1.82, 2.24) is 0 Å². The van der Waals surface area contributed by atoms with Crippen LogP contribution in [0.3, 0.4) is 0 Å². The average Bonchev–Trinajstić information content (AvgIpc) is 2.43. The fourth-order valence-corrected chi connectivity index (χ4v) is 1.99. The minimum atomic E-state index is -1.02. The van der Waals surface area contributed by atoms with E-state index in [0.29, 0.717) is 16.4 Å². The summed E-state index contributed by atoms with van der Waals surface area (Å²) >= 11 is 9.19. The van der Waals surface area contributed by atoms with E-state index < -0.39 is 12.0 Å². The lowest BCUT2D eigenvalue weighted by atomic mass is 10.2. The van der Waals surface area contributed by atoms with E-state index in [1.807, 2.05) is 0 Å². The molecule has 2 aromatic rings. The van der Waals surface area contributed by atoms with E-state index in [2.05, 4.69) is 26.6 Å². The van der Waals surface area contributed by atoms with Crippen LogP contribution in [-0.2, 0) is 0 Å². The third-order valence-corrected chi connectivity index (χ3v) is 3.80. The molecular formula is C14H10BrClN2O3. The number of hydrogen-bond acceptors (Lipinski definition) is 2. The molecule has 0 saturated heterocycles. The van der Waals surface area contributed by atoms with Gasteiger partial charge in [0.2, 0.25) is 0 Å². The number of nitrogens with one attached hydrogen (secondary N) is 2. The molecule has 0 atom stereocenters. The molecule has 0 radical (unpaired) electrons. The van der Waals surface area contributed by atoms with Gasteiger partial charge in [-0.1, -0.05) is 11.6 Å². The van der Waals surface area contributed by atoms with Crippen LogP contribution >= 0.6 is 27.5 Å². The Bertz CT molecular complexity index is 689. The van der Waals surface area contributed by atoms with Crippen LogP contribution in [0.25, 0.3) is 0 Å². The first kappa shape index (κ1) is 15.3. The molecule has 5 nitrogen and oxygen atoms in total. The maximum Gasteiger partial charge on any atom is 0.335 e. The standard InChI is InChI=1S/C14H10BrClN2O3/c15-11-6-5-10(7-12(11)16)18-14(21)17-9-3-1-8(2-4-9)13(19)20/h1-7H,(H,19,20)(H2,17,18,21). The Morgan fingerprint density at radius 1 is 1.00 bits per heavy atom. The predicted octanol–water partition coefficient (Wildman–Crippen LogP) is 4.44. The summed E-state index contributed by atoms with van der Waals surface area (Å²) in [5.74, 6) is -1.02. The number of rotatable bonds is 3. The van der Waals surface area contributed by atoms with E-state index in [9.17, 15) is 9.59 Å². The van der Waals surface area contributed by atoms with Crippen molar-refractivity contribution in [3.8, 4) is 0 Å². The van der Waals surface area contributed by atoms with E-state index in [-0.39, 0.29) is 5.56 Å². The zero-order valence-corrected chi connectivity index (χ0v) is 12.9. The number of urea groups is 1. The van der Waals surface area contributed by atoms with Crippen LogP contribution in [0.2, 0.25) is 5.02 Å². The molecule has 0 unspecified atom stereocenters. The van der Waals surface area contributed by atoms with Crippen LogP contribution in [0.1, 0.15) is 10.4 Å². The van der Waals surface area contributed by atoms with Gasteiger partial charge < -0.3 is 15.7 Å². The lowest BCUT2D eigenvalue weighted by Crippen LogP contribution is -2.19. The lowest BCUT2D eigenvalue weighted by Gasteiger charge is -2.08. The number of carboxylic acids is 1. The normalized spacial score (nSPS) is 10.0. The Kier molecular flexibility index (Phi) is 4.82. The summed E-state index contributed by atoms with van der Waals surface area (Å²) in [5.41, 5.74) is 1.18. The molecule has 0 saturated carbocycles. The van der Waals surface area contributed by atoms with Gasteiger partial charge in [0.1, 0.15) is 0 Å². The Morgan fingerprint density at radius 2 is 1.57 bits per heavy atom. The highest BCUT2D eigenvalue weighted by Gasteiger charge is 2.06. The third kappa shape index (κ3) is 4.21. The van der Waals surface area contributed by atoms with Gasteiger partial charge in [0.15, 0.2) is 0 Å². The Hall–Kier alpha value is -2.05. The largest absolute Gasteiger partial charge is 0.478 e. The van der Waals surface area contributed by atoms with E-state index in [1.54, 1.807) is 18.2 Å². The second-order valence-electron chi connectivity index (χ2n) is 4.09. The van der Waals surface area contributed by atoms with Gasteiger partial charge >= 0.3 is 12.0 Å². The zero-order chi connectivity index (χ0) is 15.4. The van der Waals surface area contributed by atoms with Gasteiger partial charge in [-0.25, -0.2) is 9.59 Å². The second-order valence-corrected chi connectivity index (χ2v) is 5.35. The van der Waals surface area contributed by atoms with Crippen LogP contribution in [-0.4, -0.2) is 17.1 Å². The van der Waals surface area contributed by atoms with E-state index in [0.717, 1.165) is 4.47 Å². The molecule has 0 bridgehead atoms. The molecule has 21 heavy (non-hydrogen) atoms. The second kappa shape index (κ2) is 6.60. The molecule has 3 N–H and O–H groups in total. The van der Waals surface area contributed by atoms with Crippen molar-refractivity contribution in [3.63, 3.8) is 0 Å². The molecule has 2 amide bonds. The first-order valence-electron chi connectivity index (χ1n) is 5.82. The van der Waals surface area contributed by atoms with Gasteiger partial charge in [-0.3, -0.25) is 0 Å². The minimum absolute atomic E-state index is 0.153. The third-order valence-electron chi connectivity index (χ3n) is 2.57. The lowest BCUT2D eigenvalue weighted by molar-refractivity contribution is 0.0697. The average molecular weight is 370 g/mol. The molecule has 2 rings (SSSR count). The van der Waals surface area contributed by atoms with E-state index in [4.69, 9.17) is 16.7 Å². The van der Waals surface area contributed by atoms with Gasteiger partial charge in [-0.2, -0.15) is 0 Å². The van der Waals surface area contributed by atoms with Gasteiger partial charge in [0.25, 0.3) is 0 Å². The summed E-state index contributed by atoms with van der Waals surface area (Å²) in [6.45, 7) is 0. The number of carbonyl (C=O) groups is 2. The van der Waals surface area contributed by atoms with Crippen LogP contribution in [0.5, 0.6) is 0 Å². The molecule has 0 aliphatic rings. The maximum absolute atomic E-state index is 11.8. The van der Waals surface area contributed by atoms with E-state index in [1.165, 1.54) is 24.3 Å². The van der Waals surface area contributed by atoms with Crippen molar-refractivity contribution in [2.24, 2.45) is 0 Å². The Balaban J connectivity index is 2.01. The van der Waals surface area contributed by atoms with Crippen molar-refractivity contribution in [1.29, 1.82) is 0 Å². The number of carbonyl (C=O) groups excluding carboxylic acids is 1. The molecule has 0 aliphatic heterocycles. The first-order valence-corrected chi connectivity index (χ1v) is 6.99. The minimum Gasteiger partial charge on any atom is -0.478 e. The maximum atomic E-state index is 11.8. The molecule has 7 heteroatoms. The number of amides is 2. The number of aromatic carboxylic acids is 1. The quantitative estimate of drug-likeness (QED) is 0.748. The van der Waals surface area contributed by atoms with Crippen LogP contribution in [0, 0.1) is 0 Å². The number of benzene rings is 2. The molecule has 0 heterocycles. The molecule has 0 aromatic heterocycles. The summed E-state index contributed by atoms with van der Waals surface area (Å²) in [4.78, 5) is 22.5. The molecule has 108 valence electrons. The highest BCUT2D eigenvalue weighted by molar-refractivity contribution is 9.10. The number of carboxylic acid groups (broad SMARTS) is 1. The molecule has 0 fully saturated rings. The van der Waals surface area contributed by atoms with Crippen molar-refractivity contribution >= 4 is 50.9 Å². The Morgan fingerprint density at radius 3 is 2.14 bits per heavy atom. The number of anilines is 2. The van der Waals surface area contributed by atoms with Gasteiger partial charge in [0, 0.05) is 15.8 Å². The first-order chi connectivity index (χ1) is 9.95.